The Morgan fingerprint density at radius 3 is 2.38 bits per heavy atom. The molecule has 1 rings (SSSR count). The summed E-state index contributed by atoms with van der Waals surface area (Å²) < 4.78 is 2.09. The third-order valence-corrected chi connectivity index (χ3v) is 3.16. The quantitative estimate of drug-likeness (QED) is 0.803. The molecule has 2 atom stereocenters. The van der Waals surface area contributed by atoms with Crippen LogP contribution in [0.25, 0.3) is 0 Å². The number of likely N-dealkylation sites (N-methyl/N-ethyl adjacent to an activating group) is 1. The number of rotatable bonds is 6. The van der Waals surface area contributed by atoms with Crippen molar-refractivity contribution in [2.24, 2.45) is 0 Å². The molecule has 16 heavy (non-hydrogen) atoms. The Morgan fingerprint density at radius 2 is 1.94 bits per heavy atom. The standard InChI is InChI=1S/C12H24N4/c1-6-10(13-5)9(4)16-12(8-3)14-11(7-2)15-16/h9-10,13H,6-8H2,1-5H3. The number of aromatic nitrogens is 3. The van der Waals surface area contributed by atoms with Crippen LogP contribution in [-0.4, -0.2) is 27.9 Å². The van der Waals surface area contributed by atoms with E-state index in [-0.39, 0.29) is 0 Å². The van der Waals surface area contributed by atoms with Crippen LogP contribution in [0.5, 0.6) is 0 Å². The summed E-state index contributed by atoms with van der Waals surface area (Å²) in [6, 6.07) is 0.814. The molecule has 1 N–H and O–H groups in total. The van der Waals surface area contributed by atoms with Gasteiger partial charge in [0.1, 0.15) is 5.82 Å². The molecule has 0 aliphatic carbocycles. The van der Waals surface area contributed by atoms with Crippen LogP contribution in [0, 0.1) is 0 Å². The second kappa shape index (κ2) is 5.99. The van der Waals surface area contributed by atoms with Crippen LogP contribution in [0.3, 0.4) is 0 Å². The highest BCUT2D eigenvalue weighted by Gasteiger charge is 2.19. The number of hydrogen-bond acceptors (Lipinski definition) is 3. The summed E-state index contributed by atoms with van der Waals surface area (Å²) in [4.78, 5) is 4.54. The predicted octanol–water partition coefficient (Wildman–Crippen LogP) is 1.96. The molecule has 0 saturated carbocycles. The Balaban J connectivity index is 2.96. The lowest BCUT2D eigenvalue weighted by molar-refractivity contribution is 0.346. The van der Waals surface area contributed by atoms with Crippen LogP contribution >= 0.6 is 0 Å². The Morgan fingerprint density at radius 1 is 1.25 bits per heavy atom. The zero-order valence-electron chi connectivity index (χ0n) is 11.1. The Hall–Kier alpha value is -0.900. The fourth-order valence-electron chi connectivity index (χ4n) is 2.08. The minimum absolute atomic E-state index is 0.359. The average Bonchev–Trinajstić information content (AvgIpc) is 2.73. The van der Waals surface area contributed by atoms with E-state index in [2.05, 4.69) is 47.8 Å². The van der Waals surface area contributed by atoms with E-state index in [0.717, 1.165) is 30.9 Å². The molecule has 0 fully saturated rings. The summed E-state index contributed by atoms with van der Waals surface area (Å²) in [5.74, 6) is 2.05. The molecule has 0 amide bonds. The molecule has 92 valence electrons. The molecule has 0 saturated heterocycles. The predicted molar refractivity (Wildman–Crippen MR) is 66.6 cm³/mol. The summed E-state index contributed by atoms with van der Waals surface area (Å²) >= 11 is 0. The molecule has 1 heterocycles. The zero-order valence-corrected chi connectivity index (χ0v) is 11.1. The first-order chi connectivity index (χ1) is 7.67. The van der Waals surface area contributed by atoms with Gasteiger partial charge in [-0.1, -0.05) is 20.8 Å². The van der Waals surface area contributed by atoms with Gasteiger partial charge in [-0.05, 0) is 20.4 Å². The molecular weight excluding hydrogens is 200 g/mol. The third-order valence-electron chi connectivity index (χ3n) is 3.16. The van der Waals surface area contributed by atoms with Crippen LogP contribution in [0.4, 0.5) is 0 Å². The summed E-state index contributed by atoms with van der Waals surface area (Å²) in [5, 5.41) is 7.92. The molecular formula is C12H24N4. The third kappa shape index (κ3) is 2.61. The van der Waals surface area contributed by atoms with Crippen molar-refractivity contribution in [3.8, 4) is 0 Å². The monoisotopic (exact) mass is 224 g/mol. The Labute approximate surface area is 98.5 Å². The molecule has 2 unspecified atom stereocenters. The van der Waals surface area contributed by atoms with Crippen LogP contribution in [0.15, 0.2) is 0 Å². The van der Waals surface area contributed by atoms with Gasteiger partial charge in [0.15, 0.2) is 5.82 Å². The lowest BCUT2D eigenvalue weighted by Crippen LogP contribution is -2.34. The van der Waals surface area contributed by atoms with E-state index in [1.54, 1.807) is 0 Å². The van der Waals surface area contributed by atoms with E-state index in [0.29, 0.717) is 12.1 Å². The fraction of sp³-hybridized carbons (Fsp3) is 0.833. The van der Waals surface area contributed by atoms with Crippen molar-refractivity contribution >= 4 is 0 Å². The average molecular weight is 224 g/mol. The van der Waals surface area contributed by atoms with Crippen molar-refractivity contribution < 1.29 is 0 Å². The summed E-state index contributed by atoms with van der Waals surface area (Å²) in [7, 11) is 2.01. The lowest BCUT2D eigenvalue weighted by Gasteiger charge is -2.23. The van der Waals surface area contributed by atoms with Gasteiger partial charge < -0.3 is 5.32 Å². The second-order valence-electron chi connectivity index (χ2n) is 4.14. The fourth-order valence-corrected chi connectivity index (χ4v) is 2.08. The van der Waals surface area contributed by atoms with Gasteiger partial charge in [-0.2, -0.15) is 5.10 Å². The van der Waals surface area contributed by atoms with Gasteiger partial charge in [-0.25, -0.2) is 9.67 Å². The number of nitrogens with zero attached hydrogens (tertiary/aromatic N) is 3. The molecule has 4 nitrogen and oxygen atoms in total. The highest BCUT2D eigenvalue weighted by Crippen LogP contribution is 2.15. The minimum atomic E-state index is 0.359. The van der Waals surface area contributed by atoms with Crippen molar-refractivity contribution in [2.45, 2.75) is 59.0 Å². The van der Waals surface area contributed by atoms with Crippen molar-refractivity contribution in [3.63, 3.8) is 0 Å². The van der Waals surface area contributed by atoms with E-state index in [1.165, 1.54) is 0 Å². The highest BCUT2D eigenvalue weighted by molar-refractivity contribution is 4.96. The van der Waals surface area contributed by atoms with E-state index >= 15 is 0 Å². The molecule has 0 aliphatic rings. The maximum absolute atomic E-state index is 4.58. The van der Waals surface area contributed by atoms with E-state index in [9.17, 15) is 0 Å². The van der Waals surface area contributed by atoms with E-state index < -0.39 is 0 Å². The number of hydrogen-bond donors (Lipinski definition) is 1. The normalized spacial score (nSPS) is 15.1. The largest absolute Gasteiger partial charge is 0.315 e. The van der Waals surface area contributed by atoms with Gasteiger partial charge in [0, 0.05) is 18.9 Å². The maximum atomic E-state index is 4.58. The second-order valence-corrected chi connectivity index (χ2v) is 4.14. The first kappa shape index (κ1) is 13.2. The van der Waals surface area contributed by atoms with Crippen LogP contribution in [-0.2, 0) is 12.8 Å². The molecule has 1 aromatic heterocycles. The van der Waals surface area contributed by atoms with Gasteiger partial charge in [0.05, 0.1) is 6.04 Å². The first-order valence-electron chi connectivity index (χ1n) is 6.29. The van der Waals surface area contributed by atoms with Gasteiger partial charge in [0.25, 0.3) is 0 Å². The van der Waals surface area contributed by atoms with E-state index in [1.807, 2.05) is 7.05 Å². The van der Waals surface area contributed by atoms with Crippen molar-refractivity contribution in [1.29, 1.82) is 0 Å². The highest BCUT2D eigenvalue weighted by atomic mass is 15.4. The van der Waals surface area contributed by atoms with Crippen LogP contribution < -0.4 is 5.32 Å². The van der Waals surface area contributed by atoms with Gasteiger partial charge >= 0.3 is 0 Å². The summed E-state index contributed by atoms with van der Waals surface area (Å²) in [6.45, 7) is 8.63. The SMILES string of the molecule is CCc1nc(CC)n(C(C)C(CC)NC)n1. The minimum Gasteiger partial charge on any atom is -0.315 e. The lowest BCUT2D eigenvalue weighted by atomic mass is 10.1. The van der Waals surface area contributed by atoms with Crippen molar-refractivity contribution in [2.75, 3.05) is 7.05 Å². The molecule has 0 aromatic carbocycles. The number of aryl methyl sites for hydroxylation is 2. The molecule has 0 aliphatic heterocycles. The maximum Gasteiger partial charge on any atom is 0.150 e. The smallest absolute Gasteiger partial charge is 0.150 e. The molecule has 1 aromatic rings. The summed E-state index contributed by atoms with van der Waals surface area (Å²) in [5.41, 5.74) is 0. The topological polar surface area (TPSA) is 42.7 Å². The van der Waals surface area contributed by atoms with Gasteiger partial charge in [0.2, 0.25) is 0 Å². The van der Waals surface area contributed by atoms with Crippen molar-refractivity contribution in [1.82, 2.24) is 20.1 Å². The van der Waals surface area contributed by atoms with Crippen LogP contribution in [0.1, 0.15) is 51.8 Å². The zero-order chi connectivity index (χ0) is 12.1. The Bertz CT molecular complexity index is 315. The first-order valence-corrected chi connectivity index (χ1v) is 6.29. The molecule has 0 bridgehead atoms. The van der Waals surface area contributed by atoms with E-state index in [4.69, 9.17) is 0 Å². The van der Waals surface area contributed by atoms with Gasteiger partial charge in [-0.3, -0.25) is 0 Å². The molecule has 0 spiro atoms. The Kier molecular flexibility index (Phi) is 4.93. The van der Waals surface area contributed by atoms with Gasteiger partial charge in [-0.15, -0.1) is 0 Å². The molecule has 0 radical (unpaired) electrons. The number of nitrogens with one attached hydrogen (secondary N) is 1. The molecule has 4 heteroatoms. The van der Waals surface area contributed by atoms with Crippen molar-refractivity contribution in [3.05, 3.63) is 11.6 Å². The van der Waals surface area contributed by atoms with Crippen LogP contribution in [0.2, 0.25) is 0 Å². The summed E-state index contributed by atoms with van der Waals surface area (Å²) in [6.07, 6.45) is 2.95.